The predicted octanol–water partition coefficient (Wildman–Crippen LogP) is 2.97. The van der Waals surface area contributed by atoms with Crippen LogP contribution in [-0.4, -0.2) is 48.7 Å². The van der Waals surface area contributed by atoms with Gasteiger partial charge in [0.15, 0.2) is 23.2 Å². The molecule has 1 N–H and O–H groups in total. The van der Waals surface area contributed by atoms with Gasteiger partial charge < -0.3 is 19.9 Å². The lowest BCUT2D eigenvalue weighted by Gasteiger charge is -2.36. The highest BCUT2D eigenvalue weighted by atomic mass is 19.2. The van der Waals surface area contributed by atoms with Crippen molar-refractivity contribution in [1.29, 1.82) is 0 Å². The highest BCUT2D eigenvalue weighted by Crippen LogP contribution is 2.34. The molecule has 0 unspecified atom stereocenters. The topological polar surface area (TPSA) is 70.6 Å². The molecule has 7 nitrogen and oxygen atoms in total. The van der Waals surface area contributed by atoms with Gasteiger partial charge in [-0.25, -0.2) is 13.8 Å². The number of carbonyl (C=O) groups excluding carboxylic acids is 1. The van der Waals surface area contributed by atoms with Gasteiger partial charge in [0.25, 0.3) is 0 Å². The number of halogens is 3. The van der Waals surface area contributed by atoms with Gasteiger partial charge in [-0.15, -0.1) is 0 Å². The number of amides is 1. The van der Waals surface area contributed by atoms with E-state index in [2.05, 4.69) is 15.3 Å². The lowest BCUT2D eigenvalue weighted by Crippen LogP contribution is -2.45. The summed E-state index contributed by atoms with van der Waals surface area (Å²) in [6.45, 7) is 2.93. The lowest BCUT2D eigenvalue weighted by atomic mass is 9.81. The largest absolute Gasteiger partial charge is 0.490 e. The molecule has 1 aromatic carbocycles. The average Bonchev–Trinajstić information content (AvgIpc) is 2.69. The molecule has 10 heteroatoms. The lowest BCUT2D eigenvalue weighted by molar-refractivity contribution is -0.117. The fraction of sp³-hybridized carbons (Fsp3) is 0.450. The van der Waals surface area contributed by atoms with E-state index in [9.17, 15) is 18.0 Å². The third-order valence-electron chi connectivity index (χ3n) is 5.44. The van der Waals surface area contributed by atoms with E-state index in [1.807, 2.05) is 14.0 Å². The van der Waals surface area contributed by atoms with Crippen LogP contribution in [0.25, 0.3) is 0 Å². The second kappa shape index (κ2) is 8.00. The number of ether oxygens (including phenoxy) is 1. The van der Waals surface area contributed by atoms with Gasteiger partial charge in [-0.1, -0.05) is 0 Å². The smallest absolute Gasteiger partial charge is 0.246 e. The number of nitrogens with zero attached hydrogens (tertiary/aromatic N) is 4. The molecule has 1 amide bonds. The fourth-order valence-electron chi connectivity index (χ4n) is 3.75. The molecule has 2 heterocycles. The molecule has 1 aliphatic carbocycles. The third kappa shape index (κ3) is 3.73. The molecule has 1 aromatic heterocycles. The summed E-state index contributed by atoms with van der Waals surface area (Å²) in [5, 5.41) is 3.26. The minimum atomic E-state index is -1.53. The minimum absolute atomic E-state index is 0.0103. The SMILES string of the molecule is CCN1C(=O)CN(C)c2nc(NC3CC(COc4ccc(F)c(F)c4F)C3)ncc21. The maximum atomic E-state index is 13.6. The van der Waals surface area contributed by atoms with Gasteiger partial charge in [0.2, 0.25) is 17.7 Å². The Morgan fingerprint density at radius 3 is 2.73 bits per heavy atom. The van der Waals surface area contributed by atoms with Crippen LogP contribution in [0.5, 0.6) is 5.75 Å². The van der Waals surface area contributed by atoms with Crippen LogP contribution in [-0.2, 0) is 4.79 Å². The molecule has 0 atom stereocenters. The normalized spacial score (nSPS) is 20.6. The number of fused-ring (bicyclic) bond motifs is 1. The van der Waals surface area contributed by atoms with Crippen LogP contribution < -0.4 is 19.9 Å². The molecule has 2 aromatic rings. The maximum absolute atomic E-state index is 13.6. The van der Waals surface area contributed by atoms with Gasteiger partial charge in [0.1, 0.15) is 5.69 Å². The van der Waals surface area contributed by atoms with Crippen LogP contribution in [0.2, 0.25) is 0 Å². The monoisotopic (exact) mass is 421 g/mol. The minimum Gasteiger partial charge on any atom is -0.490 e. The van der Waals surface area contributed by atoms with Crippen LogP contribution in [0.15, 0.2) is 18.3 Å². The highest BCUT2D eigenvalue weighted by molar-refractivity contribution is 6.02. The predicted molar refractivity (Wildman–Crippen MR) is 105 cm³/mol. The van der Waals surface area contributed by atoms with Crippen molar-refractivity contribution >= 4 is 23.4 Å². The zero-order chi connectivity index (χ0) is 21.4. The zero-order valence-electron chi connectivity index (χ0n) is 16.7. The van der Waals surface area contributed by atoms with Crippen molar-refractivity contribution in [2.24, 2.45) is 5.92 Å². The molecular weight excluding hydrogens is 399 g/mol. The van der Waals surface area contributed by atoms with Gasteiger partial charge >= 0.3 is 0 Å². The Morgan fingerprint density at radius 2 is 2.00 bits per heavy atom. The number of benzene rings is 1. The quantitative estimate of drug-likeness (QED) is 0.724. The summed E-state index contributed by atoms with van der Waals surface area (Å²) < 4.78 is 45.2. The summed E-state index contributed by atoms with van der Waals surface area (Å²) in [7, 11) is 1.81. The summed E-state index contributed by atoms with van der Waals surface area (Å²) in [5.74, 6) is -3.03. The fourth-order valence-corrected chi connectivity index (χ4v) is 3.75. The first-order valence-electron chi connectivity index (χ1n) is 9.78. The van der Waals surface area contributed by atoms with Crippen molar-refractivity contribution in [1.82, 2.24) is 9.97 Å². The number of carbonyl (C=O) groups is 1. The van der Waals surface area contributed by atoms with Crippen molar-refractivity contribution in [3.8, 4) is 5.75 Å². The standard InChI is InChI=1S/C20H22F3N5O2/c1-3-28-14-8-24-20(26-19(14)27(2)9-16(28)29)25-12-6-11(7-12)10-30-15-5-4-13(21)17(22)18(15)23/h4-5,8,11-12H,3,6-7,9-10H2,1-2H3,(H,24,25,26). The molecule has 4 rings (SSSR count). The first-order valence-corrected chi connectivity index (χ1v) is 9.78. The van der Waals surface area contributed by atoms with E-state index in [-0.39, 0.29) is 36.8 Å². The van der Waals surface area contributed by atoms with Crippen LogP contribution >= 0.6 is 0 Å². The van der Waals surface area contributed by atoms with E-state index in [1.54, 1.807) is 16.0 Å². The van der Waals surface area contributed by atoms with Crippen molar-refractivity contribution < 1.29 is 22.7 Å². The number of anilines is 3. The number of hydrogen-bond donors (Lipinski definition) is 1. The zero-order valence-corrected chi connectivity index (χ0v) is 16.7. The molecule has 1 fully saturated rings. The van der Waals surface area contributed by atoms with Gasteiger partial charge in [0, 0.05) is 19.6 Å². The number of rotatable bonds is 6. The summed E-state index contributed by atoms with van der Waals surface area (Å²) in [5.41, 5.74) is 0.690. The molecular formula is C20H22F3N5O2. The van der Waals surface area contributed by atoms with Crippen molar-refractivity contribution in [2.75, 3.05) is 41.9 Å². The maximum Gasteiger partial charge on any atom is 0.246 e. The molecule has 160 valence electrons. The number of likely N-dealkylation sites (N-methyl/N-ethyl adjacent to an activating group) is 2. The van der Waals surface area contributed by atoms with Crippen molar-refractivity contribution in [2.45, 2.75) is 25.8 Å². The molecule has 30 heavy (non-hydrogen) atoms. The molecule has 0 bridgehead atoms. The molecule has 0 spiro atoms. The van der Waals surface area contributed by atoms with E-state index < -0.39 is 17.5 Å². The molecule has 2 aliphatic rings. The van der Waals surface area contributed by atoms with Gasteiger partial charge in [-0.3, -0.25) is 4.79 Å². The Bertz CT molecular complexity index is 968. The first-order chi connectivity index (χ1) is 14.4. The number of hydrogen-bond acceptors (Lipinski definition) is 6. The second-order valence-electron chi connectivity index (χ2n) is 7.56. The van der Waals surface area contributed by atoms with Gasteiger partial charge in [-0.05, 0) is 37.8 Å². The van der Waals surface area contributed by atoms with E-state index in [0.29, 0.717) is 24.0 Å². The third-order valence-corrected chi connectivity index (χ3v) is 5.44. The number of nitrogens with one attached hydrogen (secondary N) is 1. The summed E-state index contributed by atoms with van der Waals surface area (Å²) in [6.07, 6.45) is 3.15. The molecule has 1 saturated carbocycles. The van der Waals surface area contributed by atoms with Crippen LogP contribution in [0, 0.1) is 23.4 Å². The Labute approximate surface area is 171 Å². The molecule has 0 radical (unpaired) electrons. The summed E-state index contributed by atoms with van der Waals surface area (Å²) in [4.78, 5) is 24.4. The van der Waals surface area contributed by atoms with E-state index in [0.717, 1.165) is 25.0 Å². The summed E-state index contributed by atoms with van der Waals surface area (Å²) in [6, 6.07) is 2.06. The van der Waals surface area contributed by atoms with Crippen LogP contribution in [0.1, 0.15) is 19.8 Å². The van der Waals surface area contributed by atoms with Gasteiger partial charge in [-0.2, -0.15) is 9.37 Å². The Hall–Kier alpha value is -3.04. The van der Waals surface area contributed by atoms with Crippen LogP contribution in [0.4, 0.5) is 30.6 Å². The average molecular weight is 421 g/mol. The number of aromatic nitrogens is 2. The van der Waals surface area contributed by atoms with E-state index in [1.165, 1.54) is 0 Å². The van der Waals surface area contributed by atoms with Crippen molar-refractivity contribution in [3.05, 3.63) is 35.8 Å². The Balaban J connectivity index is 1.32. The Kier molecular flexibility index (Phi) is 5.40. The summed E-state index contributed by atoms with van der Waals surface area (Å²) >= 11 is 0. The van der Waals surface area contributed by atoms with Gasteiger partial charge in [0.05, 0.1) is 19.3 Å². The Morgan fingerprint density at radius 1 is 1.23 bits per heavy atom. The second-order valence-corrected chi connectivity index (χ2v) is 7.56. The van der Waals surface area contributed by atoms with Crippen LogP contribution in [0.3, 0.4) is 0 Å². The molecule has 1 aliphatic heterocycles. The molecule has 0 saturated heterocycles. The van der Waals surface area contributed by atoms with E-state index in [4.69, 9.17) is 4.74 Å². The first kappa shape index (κ1) is 20.2. The highest BCUT2D eigenvalue weighted by Gasteiger charge is 2.32. The van der Waals surface area contributed by atoms with Crippen molar-refractivity contribution in [3.63, 3.8) is 0 Å². The van der Waals surface area contributed by atoms with E-state index >= 15 is 0 Å².